The first-order valence-corrected chi connectivity index (χ1v) is 8.94. The number of hydrogen-bond donors (Lipinski definition) is 1. The number of non-ortho nitro benzene ring substituents is 1. The Kier molecular flexibility index (Phi) is 4.20. The number of fused-ring (bicyclic) bond motifs is 1. The van der Waals surface area contributed by atoms with E-state index in [-0.39, 0.29) is 22.0 Å². The molecule has 0 saturated heterocycles. The lowest BCUT2D eigenvalue weighted by atomic mass is 10.2. The number of hydrogen-bond acceptors (Lipinski definition) is 6. The van der Waals surface area contributed by atoms with Crippen molar-refractivity contribution in [3.63, 3.8) is 0 Å². The fraction of sp³-hybridized carbons (Fsp3) is 0.125. The molecule has 3 rings (SSSR count). The number of carbonyl (C=O) groups excluding carboxylic acids is 2. The first-order chi connectivity index (χ1) is 12.2. The standard InChI is InChI=1S/C16H13N3O6S/c1-18-12-4-2-3-5-13(12)26(24,25)14(16(18)21)15(20)17-10-6-8-11(9-7-10)19(22)23/h2-9,14H,1H3,(H,17,20). The average Bonchev–Trinajstić information content (AvgIpc) is 2.60. The Morgan fingerprint density at radius 3 is 2.38 bits per heavy atom. The maximum Gasteiger partial charge on any atom is 0.269 e. The lowest BCUT2D eigenvalue weighted by Gasteiger charge is -2.30. The molecule has 2 amide bonds. The molecule has 10 heteroatoms. The molecular formula is C16H13N3O6S. The zero-order valence-corrected chi connectivity index (χ0v) is 14.3. The summed E-state index contributed by atoms with van der Waals surface area (Å²) in [6.07, 6.45) is 0. The maximum atomic E-state index is 12.7. The van der Waals surface area contributed by atoms with Gasteiger partial charge in [-0.1, -0.05) is 12.1 Å². The highest BCUT2D eigenvalue weighted by atomic mass is 32.2. The van der Waals surface area contributed by atoms with Crippen LogP contribution in [-0.2, 0) is 19.4 Å². The molecule has 0 saturated carbocycles. The second kappa shape index (κ2) is 6.23. The number of nitrogens with one attached hydrogen (secondary N) is 1. The van der Waals surface area contributed by atoms with E-state index in [4.69, 9.17) is 0 Å². The van der Waals surface area contributed by atoms with E-state index in [1.807, 2.05) is 0 Å². The number of anilines is 2. The largest absolute Gasteiger partial charge is 0.324 e. The van der Waals surface area contributed by atoms with Gasteiger partial charge in [0.05, 0.1) is 15.5 Å². The van der Waals surface area contributed by atoms with Crippen LogP contribution in [0.25, 0.3) is 0 Å². The molecule has 0 aromatic heterocycles. The number of benzene rings is 2. The molecule has 2 aromatic rings. The van der Waals surface area contributed by atoms with Gasteiger partial charge in [-0.2, -0.15) is 0 Å². The summed E-state index contributed by atoms with van der Waals surface area (Å²) in [5.74, 6) is -1.90. The van der Waals surface area contributed by atoms with Crippen LogP contribution in [0.2, 0.25) is 0 Å². The smallest absolute Gasteiger partial charge is 0.269 e. The molecule has 0 bridgehead atoms. The van der Waals surface area contributed by atoms with Crippen molar-refractivity contribution in [3.05, 3.63) is 58.6 Å². The van der Waals surface area contributed by atoms with Gasteiger partial charge >= 0.3 is 0 Å². The van der Waals surface area contributed by atoms with Gasteiger partial charge in [-0.25, -0.2) is 8.42 Å². The zero-order chi connectivity index (χ0) is 19.1. The van der Waals surface area contributed by atoms with Crippen LogP contribution in [0.3, 0.4) is 0 Å². The van der Waals surface area contributed by atoms with Crippen molar-refractivity contribution < 1.29 is 22.9 Å². The lowest BCUT2D eigenvalue weighted by Crippen LogP contribution is -2.51. The van der Waals surface area contributed by atoms with Gasteiger partial charge in [-0.15, -0.1) is 0 Å². The fourth-order valence-electron chi connectivity index (χ4n) is 2.66. The van der Waals surface area contributed by atoms with E-state index >= 15 is 0 Å². The number of nitrogens with zero attached hydrogens (tertiary/aromatic N) is 2. The highest BCUT2D eigenvalue weighted by Gasteiger charge is 2.47. The average molecular weight is 375 g/mol. The Balaban J connectivity index is 1.94. The van der Waals surface area contributed by atoms with Crippen LogP contribution in [0.4, 0.5) is 17.1 Å². The van der Waals surface area contributed by atoms with Gasteiger partial charge in [0.15, 0.2) is 0 Å². The zero-order valence-electron chi connectivity index (χ0n) is 13.4. The predicted molar refractivity (Wildman–Crippen MR) is 92.6 cm³/mol. The molecule has 1 aliphatic heterocycles. The summed E-state index contributed by atoms with van der Waals surface area (Å²) in [7, 11) is -2.83. The lowest BCUT2D eigenvalue weighted by molar-refractivity contribution is -0.384. The van der Waals surface area contributed by atoms with Gasteiger partial charge in [0.25, 0.3) is 17.5 Å². The third kappa shape index (κ3) is 2.80. The van der Waals surface area contributed by atoms with E-state index in [0.29, 0.717) is 0 Å². The molecule has 134 valence electrons. The van der Waals surface area contributed by atoms with E-state index in [1.54, 1.807) is 6.07 Å². The van der Waals surface area contributed by atoms with Crippen LogP contribution in [0, 0.1) is 10.1 Å². The molecule has 0 aliphatic carbocycles. The van der Waals surface area contributed by atoms with Gasteiger partial charge < -0.3 is 10.2 Å². The summed E-state index contributed by atoms with van der Waals surface area (Å²) >= 11 is 0. The topological polar surface area (TPSA) is 127 Å². The molecule has 2 aromatic carbocycles. The third-order valence-electron chi connectivity index (χ3n) is 3.98. The number of nitro benzene ring substituents is 1. The highest BCUT2D eigenvalue weighted by Crippen LogP contribution is 2.34. The van der Waals surface area contributed by atoms with E-state index < -0.39 is 31.8 Å². The van der Waals surface area contributed by atoms with Gasteiger partial charge in [0.2, 0.25) is 15.1 Å². The minimum absolute atomic E-state index is 0.106. The highest BCUT2D eigenvalue weighted by molar-refractivity contribution is 7.94. The Morgan fingerprint density at radius 2 is 1.77 bits per heavy atom. The molecule has 0 fully saturated rings. The summed E-state index contributed by atoms with van der Waals surface area (Å²) in [6, 6.07) is 10.7. The Morgan fingerprint density at radius 1 is 1.15 bits per heavy atom. The van der Waals surface area contributed by atoms with Crippen LogP contribution < -0.4 is 10.2 Å². The fourth-order valence-corrected chi connectivity index (χ4v) is 4.44. The Hall–Kier alpha value is -3.27. The molecule has 26 heavy (non-hydrogen) atoms. The monoisotopic (exact) mass is 375 g/mol. The normalized spacial score (nSPS) is 18.1. The second-order valence-electron chi connectivity index (χ2n) is 5.58. The quantitative estimate of drug-likeness (QED) is 0.490. The van der Waals surface area contributed by atoms with Crippen molar-refractivity contribution in [2.24, 2.45) is 0 Å². The van der Waals surface area contributed by atoms with Crippen LogP contribution in [0.1, 0.15) is 0 Å². The van der Waals surface area contributed by atoms with E-state index in [9.17, 15) is 28.1 Å². The summed E-state index contributed by atoms with van der Waals surface area (Å²) in [5.41, 5.74) is 0.167. The van der Waals surface area contributed by atoms with Crippen LogP contribution in [0.5, 0.6) is 0 Å². The third-order valence-corrected chi connectivity index (χ3v) is 5.98. The summed E-state index contributed by atoms with van der Waals surface area (Å²) < 4.78 is 25.5. The summed E-state index contributed by atoms with van der Waals surface area (Å²) in [4.78, 5) is 36.0. The van der Waals surface area contributed by atoms with Crippen molar-refractivity contribution in [2.45, 2.75) is 10.1 Å². The van der Waals surface area contributed by atoms with Crippen LogP contribution >= 0.6 is 0 Å². The van der Waals surface area contributed by atoms with Crippen LogP contribution in [0.15, 0.2) is 53.4 Å². The number of amides is 2. The minimum atomic E-state index is -4.22. The number of rotatable bonds is 3. The van der Waals surface area contributed by atoms with Crippen molar-refractivity contribution in [1.29, 1.82) is 0 Å². The van der Waals surface area contributed by atoms with Crippen molar-refractivity contribution >= 4 is 38.7 Å². The molecule has 1 atom stereocenters. The molecule has 0 spiro atoms. The van der Waals surface area contributed by atoms with Crippen LogP contribution in [-0.4, -0.2) is 37.5 Å². The molecule has 0 radical (unpaired) electrons. The van der Waals surface area contributed by atoms with E-state index in [1.165, 1.54) is 37.4 Å². The van der Waals surface area contributed by atoms with Gasteiger partial charge in [-0.05, 0) is 24.3 Å². The Bertz CT molecular complexity index is 1020. The number of para-hydroxylation sites is 1. The van der Waals surface area contributed by atoms with Crippen molar-refractivity contribution in [3.8, 4) is 0 Å². The number of carbonyl (C=O) groups is 2. The Labute approximate surface area is 148 Å². The van der Waals surface area contributed by atoms with E-state index in [0.717, 1.165) is 17.0 Å². The molecule has 1 aliphatic rings. The molecule has 1 heterocycles. The van der Waals surface area contributed by atoms with E-state index in [2.05, 4.69) is 5.32 Å². The SMILES string of the molecule is CN1C(=O)C(C(=O)Nc2ccc([N+](=O)[O-])cc2)S(=O)(=O)c2ccccc21. The van der Waals surface area contributed by atoms with Crippen molar-refractivity contribution in [2.75, 3.05) is 17.3 Å². The molecule has 1 N–H and O–H groups in total. The summed E-state index contributed by atoms with van der Waals surface area (Å²) in [6.45, 7) is 0. The van der Waals surface area contributed by atoms with Gasteiger partial charge in [0, 0.05) is 24.9 Å². The first-order valence-electron chi connectivity index (χ1n) is 7.39. The molecule has 9 nitrogen and oxygen atoms in total. The molecule has 1 unspecified atom stereocenters. The number of sulfone groups is 1. The maximum absolute atomic E-state index is 12.7. The molecular weight excluding hydrogens is 362 g/mol. The van der Waals surface area contributed by atoms with Gasteiger partial charge in [-0.3, -0.25) is 19.7 Å². The minimum Gasteiger partial charge on any atom is -0.324 e. The number of nitro groups is 1. The predicted octanol–water partition coefficient (Wildman–Crippen LogP) is 1.35. The summed E-state index contributed by atoms with van der Waals surface area (Å²) in [5, 5.41) is 11.0. The van der Waals surface area contributed by atoms with Gasteiger partial charge in [0.1, 0.15) is 0 Å². The first kappa shape index (κ1) is 17.5. The second-order valence-corrected chi connectivity index (χ2v) is 7.58. The van der Waals surface area contributed by atoms with Crippen molar-refractivity contribution in [1.82, 2.24) is 0 Å².